The molecule has 0 aliphatic carbocycles. The zero-order chi connectivity index (χ0) is 21.8. The summed E-state index contributed by atoms with van der Waals surface area (Å²) in [6, 6.07) is 29.6. The molecule has 0 radical (unpaired) electrons. The molecule has 1 amide bonds. The highest BCUT2D eigenvalue weighted by atomic mass is 16.5. The number of fused-ring (bicyclic) bond motifs is 1. The Kier molecular flexibility index (Phi) is 5.80. The van der Waals surface area contributed by atoms with E-state index in [1.165, 1.54) is 0 Å². The average molecular weight is 409 g/mol. The molecule has 0 unspecified atom stereocenters. The molecule has 0 N–H and O–H groups in total. The van der Waals surface area contributed by atoms with Crippen LogP contribution in [0.5, 0.6) is 5.75 Å². The van der Waals surface area contributed by atoms with Gasteiger partial charge in [0, 0.05) is 12.5 Å². The van der Waals surface area contributed by atoms with Gasteiger partial charge in [-0.3, -0.25) is 9.69 Å². The van der Waals surface area contributed by atoms with Crippen LogP contribution in [0.2, 0.25) is 0 Å². The number of rotatable bonds is 4. The summed E-state index contributed by atoms with van der Waals surface area (Å²) in [6.45, 7) is 3.59. The SMILES string of the molecule is COc1ccc(N=C(c2cccc3ccccc23)N(C(C)=O)c2ccc(C)cc2)cc1. The van der Waals surface area contributed by atoms with Crippen molar-refractivity contribution in [2.24, 2.45) is 4.99 Å². The normalized spacial score (nSPS) is 11.4. The van der Waals surface area contributed by atoms with E-state index in [9.17, 15) is 4.79 Å². The van der Waals surface area contributed by atoms with E-state index >= 15 is 0 Å². The number of aliphatic imine (C=N–C) groups is 1. The molecule has 0 fully saturated rings. The summed E-state index contributed by atoms with van der Waals surface area (Å²) in [5.41, 5.74) is 3.54. The molecule has 0 bridgehead atoms. The van der Waals surface area contributed by atoms with Crippen molar-refractivity contribution in [3.8, 4) is 5.75 Å². The number of hydrogen-bond acceptors (Lipinski definition) is 3. The molecule has 4 aromatic carbocycles. The van der Waals surface area contributed by atoms with E-state index in [0.717, 1.165) is 39.0 Å². The number of nitrogens with zero attached hydrogens (tertiary/aromatic N) is 2. The third kappa shape index (κ3) is 4.33. The minimum absolute atomic E-state index is 0.107. The molecule has 4 nitrogen and oxygen atoms in total. The topological polar surface area (TPSA) is 41.9 Å². The van der Waals surface area contributed by atoms with Crippen LogP contribution in [0.25, 0.3) is 10.8 Å². The van der Waals surface area contributed by atoms with E-state index in [-0.39, 0.29) is 5.91 Å². The Morgan fingerprint density at radius 1 is 0.839 bits per heavy atom. The molecule has 0 aliphatic heterocycles. The Balaban J connectivity index is 1.96. The van der Waals surface area contributed by atoms with Crippen molar-refractivity contribution in [3.63, 3.8) is 0 Å². The second-order valence-electron chi connectivity index (χ2n) is 7.35. The molecule has 4 aromatic rings. The lowest BCUT2D eigenvalue weighted by Crippen LogP contribution is -2.36. The quantitative estimate of drug-likeness (QED) is 0.294. The van der Waals surface area contributed by atoms with Crippen LogP contribution < -0.4 is 9.64 Å². The number of benzene rings is 4. The lowest BCUT2D eigenvalue weighted by Gasteiger charge is -2.24. The number of carbonyl (C=O) groups excluding carboxylic acids is 1. The van der Waals surface area contributed by atoms with Crippen LogP contribution >= 0.6 is 0 Å². The molecule has 0 aromatic heterocycles. The van der Waals surface area contributed by atoms with Crippen molar-refractivity contribution < 1.29 is 9.53 Å². The van der Waals surface area contributed by atoms with Crippen LogP contribution in [0.3, 0.4) is 0 Å². The van der Waals surface area contributed by atoms with Crippen molar-refractivity contribution in [2.45, 2.75) is 13.8 Å². The van der Waals surface area contributed by atoms with Gasteiger partial charge in [-0.05, 0) is 54.1 Å². The first kappa shape index (κ1) is 20.4. The predicted octanol–water partition coefficient (Wildman–Crippen LogP) is 6.29. The van der Waals surface area contributed by atoms with Gasteiger partial charge in [0.05, 0.1) is 18.5 Å². The number of anilines is 1. The third-order valence-electron chi connectivity index (χ3n) is 5.16. The molecule has 0 heterocycles. The van der Waals surface area contributed by atoms with E-state index in [2.05, 4.69) is 18.2 Å². The van der Waals surface area contributed by atoms with Crippen molar-refractivity contribution in [2.75, 3.05) is 12.0 Å². The molecular weight excluding hydrogens is 384 g/mol. The van der Waals surface area contributed by atoms with E-state index < -0.39 is 0 Å². The molecule has 4 heteroatoms. The smallest absolute Gasteiger partial charge is 0.229 e. The fraction of sp³-hybridized carbons (Fsp3) is 0.111. The Morgan fingerprint density at radius 3 is 2.19 bits per heavy atom. The minimum Gasteiger partial charge on any atom is -0.497 e. The molecule has 154 valence electrons. The first-order valence-electron chi connectivity index (χ1n) is 10.1. The molecule has 0 spiro atoms. The van der Waals surface area contributed by atoms with Gasteiger partial charge in [-0.2, -0.15) is 0 Å². The molecular formula is C27H24N2O2. The summed E-state index contributed by atoms with van der Waals surface area (Å²) < 4.78 is 5.27. The van der Waals surface area contributed by atoms with Crippen molar-refractivity contribution in [1.82, 2.24) is 0 Å². The van der Waals surface area contributed by atoms with Gasteiger partial charge in [0.25, 0.3) is 0 Å². The second-order valence-corrected chi connectivity index (χ2v) is 7.35. The van der Waals surface area contributed by atoms with Crippen molar-refractivity contribution in [1.29, 1.82) is 0 Å². The van der Waals surface area contributed by atoms with Crippen molar-refractivity contribution in [3.05, 3.63) is 102 Å². The fourth-order valence-corrected chi connectivity index (χ4v) is 3.58. The standard InChI is InChI=1S/C27H24N2O2/c1-19-11-15-23(16-12-19)29(20(2)30)27(28-22-13-17-24(31-3)18-14-22)26-10-6-8-21-7-4-5-9-25(21)26/h4-18H,1-3H3. The molecule has 4 rings (SSSR count). The summed E-state index contributed by atoms with van der Waals surface area (Å²) in [5.74, 6) is 1.23. The van der Waals surface area contributed by atoms with Gasteiger partial charge in [0.2, 0.25) is 5.91 Å². The maximum Gasteiger partial charge on any atom is 0.229 e. The highest BCUT2D eigenvalue weighted by Crippen LogP contribution is 2.27. The van der Waals surface area contributed by atoms with Crippen LogP contribution in [0.1, 0.15) is 18.1 Å². The number of carbonyl (C=O) groups is 1. The monoisotopic (exact) mass is 408 g/mol. The summed E-state index contributed by atoms with van der Waals surface area (Å²) in [4.78, 5) is 19.5. The zero-order valence-electron chi connectivity index (χ0n) is 17.9. The number of amidine groups is 1. The Bertz CT molecular complexity index is 1240. The highest BCUT2D eigenvalue weighted by Gasteiger charge is 2.22. The van der Waals surface area contributed by atoms with Gasteiger partial charge >= 0.3 is 0 Å². The second kappa shape index (κ2) is 8.84. The van der Waals surface area contributed by atoms with E-state index in [1.54, 1.807) is 18.9 Å². The van der Waals surface area contributed by atoms with Gasteiger partial charge in [-0.25, -0.2) is 4.99 Å². The maximum absolute atomic E-state index is 12.9. The summed E-state index contributed by atoms with van der Waals surface area (Å²) in [7, 11) is 1.63. The molecule has 0 aliphatic rings. The zero-order valence-corrected chi connectivity index (χ0v) is 17.9. The van der Waals surface area contributed by atoms with Crippen molar-refractivity contribution >= 4 is 33.9 Å². The lowest BCUT2D eigenvalue weighted by molar-refractivity contribution is -0.115. The number of amides is 1. The molecule has 0 saturated carbocycles. The minimum atomic E-state index is -0.107. The van der Waals surface area contributed by atoms with Gasteiger partial charge in [-0.15, -0.1) is 0 Å². The van der Waals surface area contributed by atoms with Crippen LogP contribution in [0, 0.1) is 6.92 Å². The number of methoxy groups -OCH3 is 1. The lowest BCUT2D eigenvalue weighted by atomic mass is 10.0. The Labute approximate surface area is 182 Å². The largest absolute Gasteiger partial charge is 0.497 e. The van der Waals surface area contributed by atoms with E-state index in [4.69, 9.17) is 9.73 Å². The van der Waals surface area contributed by atoms with Crippen LogP contribution in [-0.4, -0.2) is 18.9 Å². The molecule has 31 heavy (non-hydrogen) atoms. The first-order chi connectivity index (χ1) is 15.1. The number of hydrogen-bond donors (Lipinski definition) is 0. The van der Waals surface area contributed by atoms with Gasteiger partial charge in [0.15, 0.2) is 0 Å². The Hall–Kier alpha value is -3.92. The van der Waals surface area contributed by atoms with E-state index in [0.29, 0.717) is 5.84 Å². The fourth-order valence-electron chi connectivity index (χ4n) is 3.58. The summed E-state index contributed by atoms with van der Waals surface area (Å²) in [6.07, 6.45) is 0. The van der Waals surface area contributed by atoms with E-state index in [1.807, 2.05) is 79.7 Å². The van der Waals surface area contributed by atoms with Gasteiger partial charge in [-0.1, -0.05) is 60.2 Å². The first-order valence-corrected chi connectivity index (χ1v) is 10.1. The van der Waals surface area contributed by atoms with Gasteiger partial charge in [0.1, 0.15) is 11.6 Å². The number of aryl methyl sites for hydroxylation is 1. The number of ether oxygens (including phenoxy) is 1. The van der Waals surface area contributed by atoms with Crippen LogP contribution in [0.4, 0.5) is 11.4 Å². The summed E-state index contributed by atoms with van der Waals surface area (Å²) in [5, 5.41) is 2.13. The van der Waals surface area contributed by atoms with Crippen LogP contribution in [0.15, 0.2) is 96.0 Å². The van der Waals surface area contributed by atoms with Crippen LogP contribution in [-0.2, 0) is 4.79 Å². The predicted molar refractivity (Wildman–Crippen MR) is 127 cm³/mol. The highest BCUT2D eigenvalue weighted by molar-refractivity contribution is 6.27. The summed E-state index contributed by atoms with van der Waals surface area (Å²) >= 11 is 0. The maximum atomic E-state index is 12.9. The van der Waals surface area contributed by atoms with Gasteiger partial charge < -0.3 is 4.74 Å². The molecule has 0 atom stereocenters. The third-order valence-corrected chi connectivity index (χ3v) is 5.16. The Morgan fingerprint density at radius 2 is 1.52 bits per heavy atom. The molecule has 0 saturated heterocycles. The average Bonchev–Trinajstić information content (AvgIpc) is 2.80.